The third kappa shape index (κ3) is 5.12. The Bertz CT molecular complexity index is 1140. The summed E-state index contributed by atoms with van der Waals surface area (Å²) >= 11 is 0. The van der Waals surface area contributed by atoms with Gasteiger partial charge in [-0.3, -0.25) is 19.2 Å². The van der Waals surface area contributed by atoms with Crippen LogP contribution in [-0.4, -0.2) is 59.6 Å². The van der Waals surface area contributed by atoms with E-state index in [9.17, 15) is 19.2 Å². The highest BCUT2D eigenvalue weighted by molar-refractivity contribution is 6.28. The number of carboxylic acids is 1. The van der Waals surface area contributed by atoms with Crippen molar-refractivity contribution in [3.05, 3.63) is 5.53 Å². The number of hydrogen-bond acceptors (Lipinski definition) is 7. The Labute approximate surface area is 248 Å². The number of nitrogens with two attached hydrogens (primary N) is 1. The molecule has 12 aliphatic carbocycles. The minimum Gasteiger partial charge on any atom is -0.481 e. The van der Waals surface area contributed by atoms with Crippen LogP contribution in [-0.2, 0) is 28.7 Å². The number of nitrogens with zero attached hydrogens (tertiary/aromatic N) is 2. The molecule has 0 atom stereocenters. The van der Waals surface area contributed by atoms with Gasteiger partial charge in [-0.15, -0.1) is 0 Å². The zero-order valence-corrected chi connectivity index (χ0v) is 25.8. The first-order chi connectivity index (χ1) is 19.3. The van der Waals surface area contributed by atoms with Crippen LogP contribution in [0.15, 0.2) is 0 Å². The quantitative estimate of drug-likeness (QED) is 0.191. The van der Waals surface area contributed by atoms with E-state index in [0.29, 0.717) is 34.5 Å². The van der Waals surface area contributed by atoms with Crippen molar-refractivity contribution in [3.8, 4) is 0 Å². The molecule has 3 N–H and O–H groups in total. The number of hydrogen-bond donors (Lipinski definition) is 2. The topological polar surface area (TPSA) is 169 Å². The Morgan fingerprint density at radius 1 is 0.714 bits per heavy atom. The first-order valence-electron chi connectivity index (χ1n) is 15.2. The van der Waals surface area contributed by atoms with Crippen LogP contribution in [0.4, 0.5) is 0 Å². The van der Waals surface area contributed by atoms with Crippen molar-refractivity contribution >= 4 is 29.9 Å². The Kier molecular flexibility index (Phi) is 6.95. The number of carbonyl (C=O) groups excluding carboxylic acids is 3. The van der Waals surface area contributed by atoms with Gasteiger partial charge in [-0.2, -0.15) is 4.79 Å². The monoisotopic (exact) mass is 585 g/mol. The molecule has 0 spiro atoms. The summed E-state index contributed by atoms with van der Waals surface area (Å²) in [5.74, 6) is -0.701. The van der Waals surface area contributed by atoms with Crippen molar-refractivity contribution in [2.24, 2.45) is 43.6 Å². The summed E-state index contributed by atoms with van der Waals surface area (Å²) in [5, 5.41) is 8.64. The van der Waals surface area contributed by atoms with E-state index < -0.39 is 5.97 Å². The van der Waals surface area contributed by atoms with E-state index in [2.05, 4.69) is 35.0 Å². The molecule has 0 aliphatic heterocycles. The maximum Gasteiger partial charge on any atom is 0.323 e. The zero-order chi connectivity index (χ0) is 31.0. The fourth-order valence-corrected chi connectivity index (χ4v) is 11.0. The molecule has 0 saturated heterocycles. The van der Waals surface area contributed by atoms with Crippen molar-refractivity contribution in [1.29, 1.82) is 0 Å². The lowest BCUT2D eigenvalue weighted by Crippen LogP contribution is -2.72. The molecule has 12 fully saturated rings. The maximum atomic E-state index is 11.2. The van der Waals surface area contributed by atoms with Crippen molar-refractivity contribution in [1.82, 2.24) is 0 Å². The fourth-order valence-electron chi connectivity index (χ4n) is 11.0. The third-order valence-corrected chi connectivity index (χ3v) is 11.8. The van der Waals surface area contributed by atoms with E-state index in [1.54, 1.807) is 0 Å². The molecule has 42 heavy (non-hydrogen) atoms. The molecule has 0 unspecified atom stereocenters. The van der Waals surface area contributed by atoms with Crippen molar-refractivity contribution in [2.75, 3.05) is 14.2 Å². The van der Waals surface area contributed by atoms with Gasteiger partial charge in [0.2, 0.25) is 5.78 Å². The average molecular weight is 586 g/mol. The Balaban J connectivity index is 0.000000112. The van der Waals surface area contributed by atoms with E-state index in [0.717, 1.165) is 64.0 Å². The summed E-state index contributed by atoms with van der Waals surface area (Å²) in [6.07, 6.45) is 14.8. The molecule has 10 nitrogen and oxygen atoms in total. The van der Waals surface area contributed by atoms with Gasteiger partial charge in [-0.05, 0) is 104 Å². The van der Waals surface area contributed by atoms with Crippen LogP contribution in [0.1, 0.15) is 111 Å². The molecule has 0 amide bonds. The summed E-state index contributed by atoms with van der Waals surface area (Å²) in [4.78, 5) is 46.3. The van der Waals surface area contributed by atoms with E-state index in [4.69, 9.17) is 16.4 Å². The molecule has 12 aliphatic rings. The summed E-state index contributed by atoms with van der Waals surface area (Å²) in [6.45, 7) is 6.65. The lowest BCUT2D eigenvalue weighted by molar-refractivity contribution is -0.215. The summed E-state index contributed by atoms with van der Waals surface area (Å²) in [6, 6.07) is 0. The van der Waals surface area contributed by atoms with Gasteiger partial charge >= 0.3 is 24.1 Å². The van der Waals surface area contributed by atoms with Gasteiger partial charge < -0.3 is 25.8 Å². The lowest BCUT2D eigenvalue weighted by atomic mass is 9.35. The number of esters is 2. The van der Waals surface area contributed by atoms with Gasteiger partial charge in [0, 0.05) is 11.0 Å². The van der Waals surface area contributed by atoms with Gasteiger partial charge in [-0.25, -0.2) is 0 Å². The van der Waals surface area contributed by atoms with Gasteiger partial charge in [0.15, 0.2) is 0 Å². The minimum absolute atomic E-state index is 0.00345. The largest absolute Gasteiger partial charge is 0.481 e. The molecule has 0 aromatic heterocycles. The minimum atomic E-state index is -0.578. The molecular formula is C32H47N3O7. The van der Waals surface area contributed by atoms with E-state index in [-0.39, 0.29) is 39.5 Å². The second-order valence-electron chi connectivity index (χ2n) is 16.9. The molecule has 12 saturated carbocycles. The standard InChI is InChI=1S/C9H14O2.C8H10N2O.C8H13NO2.C7H10O2/c1-8-4-9(5-8,6-8)3-7(10)11-2;1-7-3-8(4-7,5-7)6(11)2-10-9;1-11-6(10)2-7-3-8(9,4-7)5-7;1-6-2-7(3-6,4-6)5(8)9/h3-6H2,1-2H3;2H,3-5H2,1H3;2-5,9H2,1H3;2-4H2,1H3,(H,8,9). The average Bonchev–Trinajstić information content (AvgIpc) is 2.76. The van der Waals surface area contributed by atoms with Crippen LogP contribution < -0.4 is 5.73 Å². The van der Waals surface area contributed by atoms with Crippen LogP contribution in [0, 0.1) is 37.9 Å². The highest BCUT2D eigenvalue weighted by Crippen LogP contribution is 2.75. The molecule has 0 radical (unpaired) electrons. The normalized spacial score (nSPS) is 47.1. The maximum absolute atomic E-state index is 11.2. The fraction of sp³-hybridized carbons (Fsp3) is 0.844. The van der Waals surface area contributed by atoms with E-state index in [1.165, 1.54) is 33.5 Å². The van der Waals surface area contributed by atoms with E-state index in [1.807, 2.05) is 0 Å². The summed E-state index contributed by atoms with van der Waals surface area (Å²) < 4.78 is 9.24. The molecule has 232 valence electrons. The van der Waals surface area contributed by atoms with Gasteiger partial charge in [0.1, 0.15) is 0 Å². The van der Waals surface area contributed by atoms with Crippen LogP contribution in [0.3, 0.4) is 0 Å². The molecule has 0 aromatic carbocycles. The van der Waals surface area contributed by atoms with Gasteiger partial charge in [0.05, 0.1) is 32.5 Å². The van der Waals surface area contributed by atoms with E-state index >= 15 is 0 Å². The molecule has 0 heterocycles. The predicted octanol–water partition coefficient (Wildman–Crippen LogP) is 4.48. The molecule has 10 heteroatoms. The van der Waals surface area contributed by atoms with Gasteiger partial charge in [-0.1, -0.05) is 20.8 Å². The third-order valence-electron chi connectivity index (χ3n) is 11.8. The highest BCUT2D eigenvalue weighted by Gasteiger charge is 2.70. The molecule has 0 aromatic rings. The Morgan fingerprint density at radius 2 is 1.07 bits per heavy atom. The Hall–Kier alpha value is -2.58. The summed E-state index contributed by atoms with van der Waals surface area (Å²) in [5.41, 5.74) is 15.8. The van der Waals surface area contributed by atoms with Crippen LogP contribution >= 0.6 is 0 Å². The van der Waals surface area contributed by atoms with Crippen molar-refractivity contribution in [3.63, 3.8) is 0 Å². The second-order valence-corrected chi connectivity index (χ2v) is 16.9. The number of methoxy groups -OCH3 is 2. The van der Waals surface area contributed by atoms with Crippen LogP contribution in [0.25, 0.3) is 5.53 Å². The predicted molar refractivity (Wildman–Crippen MR) is 152 cm³/mol. The number of Topliss-reactive ketones (excluding diaryl/α,β-unsaturated/α-hetero) is 1. The molecule has 8 bridgehead atoms. The smallest absolute Gasteiger partial charge is 0.323 e. The Morgan fingerprint density at radius 3 is 1.33 bits per heavy atom. The van der Waals surface area contributed by atoms with Crippen molar-refractivity contribution < 1.29 is 38.5 Å². The first-order valence-corrected chi connectivity index (χ1v) is 15.2. The molecular weight excluding hydrogens is 538 g/mol. The zero-order valence-electron chi connectivity index (χ0n) is 25.8. The van der Waals surface area contributed by atoms with Crippen LogP contribution in [0.2, 0.25) is 0 Å². The summed E-state index contributed by atoms with van der Waals surface area (Å²) in [7, 11) is 2.90. The highest BCUT2D eigenvalue weighted by atomic mass is 16.5. The lowest BCUT2D eigenvalue weighted by Gasteiger charge is -2.69. The van der Waals surface area contributed by atoms with Gasteiger partial charge in [0.25, 0.3) is 0 Å². The SMILES string of the molecule is CC12CC(C(=O)C=[N+]=[N-])(C1)C2.CC12CC(C(=O)O)(C1)C2.COC(=O)CC12CC(C)(C1)C2.COC(=O)CC12CC(N)(C1)C2. The number of rotatable bonds is 7. The van der Waals surface area contributed by atoms with Crippen LogP contribution in [0.5, 0.6) is 0 Å². The van der Waals surface area contributed by atoms with Crippen molar-refractivity contribution in [2.45, 2.75) is 116 Å². The number of carboxylic acid groups (broad SMARTS) is 1. The first kappa shape index (κ1) is 30.9. The number of aliphatic carboxylic acids is 1. The number of ether oxygens (including phenoxy) is 2. The number of ketones is 1. The number of carbonyl (C=O) groups is 4. The molecule has 12 rings (SSSR count). The second kappa shape index (κ2) is 9.46.